The van der Waals surface area contributed by atoms with Crippen molar-refractivity contribution in [2.24, 2.45) is 10.2 Å². The van der Waals surface area contributed by atoms with E-state index in [2.05, 4.69) is 16.3 Å². The van der Waals surface area contributed by atoms with Gasteiger partial charge in [-0.2, -0.15) is 20.5 Å². The second kappa shape index (κ2) is 8.30. The van der Waals surface area contributed by atoms with Gasteiger partial charge in [0, 0.05) is 22.8 Å². The average Bonchev–Trinajstić information content (AvgIpc) is 2.92. The molecule has 0 N–H and O–H groups in total. The Balaban J connectivity index is 1.92. The number of benzene rings is 2. The Labute approximate surface area is 195 Å². The van der Waals surface area contributed by atoms with Crippen LogP contribution in [0.3, 0.4) is 0 Å². The summed E-state index contributed by atoms with van der Waals surface area (Å²) in [4.78, 5) is 13.3. The van der Waals surface area contributed by atoms with Gasteiger partial charge in [0.25, 0.3) is 0 Å². The number of allylic oxidation sites excluding steroid dienone is 2. The Bertz CT molecular complexity index is 1220. The van der Waals surface area contributed by atoms with Crippen LogP contribution in [0.25, 0.3) is 0 Å². The van der Waals surface area contributed by atoms with Crippen molar-refractivity contribution in [2.75, 3.05) is 0 Å². The summed E-state index contributed by atoms with van der Waals surface area (Å²) in [5, 5.41) is 22.3. The molecule has 2 heterocycles. The zero-order valence-electron chi connectivity index (χ0n) is 17.6. The highest BCUT2D eigenvalue weighted by molar-refractivity contribution is 6.42. The van der Waals surface area contributed by atoms with Crippen LogP contribution in [0.1, 0.15) is 43.6 Å². The van der Waals surface area contributed by atoms with Crippen molar-refractivity contribution in [3.05, 3.63) is 81.0 Å². The van der Waals surface area contributed by atoms with Crippen LogP contribution in [0.5, 0.6) is 0 Å². The summed E-state index contributed by atoms with van der Waals surface area (Å²) in [6.45, 7) is 5.32. The molecule has 162 valence electrons. The number of carbonyl (C=O) groups excluding carboxylic acids is 1. The van der Waals surface area contributed by atoms with Gasteiger partial charge in [-0.3, -0.25) is 0 Å². The van der Waals surface area contributed by atoms with E-state index in [0.717, 1.165) is 11.1 Å². The smallest absolute Gasteiger partial charge is 0.433 e. The van der Waals surface area contributed by atoms with Crippen LogP contribution >= 0.6 is 23.2 Å². The van der Waals surface area contributed by atoms with E-state index in [1.807, 2.05) is 24.3 Å². The zero-order chi connectivity index (χ0) is 23.0. The van der Waals surface area contributed by atoms with Crippen molar-refractivity contribution in [1.82, 2.24) is 10.0 Å². The number of rotatable bonds is 1. The summed E-state index contributed by atoms with van der Waals surface area (Å²) >= 11 is 12.3. The number of fused-ring (bicyclic) bond motifs is 3. The molecule has 2 aromatic carbocycles. The maximum Gasteiger partial charge on any atom is 0.433 e. The summed E-state index contributed by atoms with van der Waals surface area (Å²) in [6.07, 6.45) is 1.72. The van der Waals surface area contributed by atoms with Gasteiger partial charge < -0.3 is 4.74 Å². The number of halogens is 2. The van der Waals surface area contributed by atoms with Gasteiger partial charge in [0.1, 0.15) is 17.4 Å². The molecule has 0 bridgehead atoms. The molecule has 32 heavy (non-hydrogen) atoms. The molecule has 2 aromatic rings. The minimum absolute atomic E-state index is 0.205. The van der Waals surface area contributed by atoms with Gasteiger partial charge in [0.15, 0.2) is 6.17 Å². The van der Waals surface area contributed by atoms with E-state index in [1.165, 1.54) is 10.0 Å². The van der Waals surface area contributed by atoms with Crippen LogP contribution in [-0.4, -0.2) is 33.6 Å². The second-order valence-electron chi connectivity index (χ2n) is 8.17. The summed E-state index contributed by atoms with van der Waals surface area (Å²) in [5.41, 5.74) is 1.94. The van der Waals surface area contributed by atoms with E-state index in [1.54, 1.807) is 51.3 Å². The fourth-order valence-corrected chi connectivity index (χ4v) is 3.63. The number of hydrogen-bond acceptors (Lipinski definition) is 6. The molecule has 0 aromatic heterocycles. The van der Waals surface area contributed by atoms with E-state index in [9.17, 15) is 10.1 Å². The predicted octanol–water partition coefficient (Wildman–Crippen LogP) is 5.70. The molecule has 0 radical (unpaired) electrons. The highest BCUT2D eigenvalue weighted by atomic mass is 35.5. The van der Waals surface area contributed by atoms with Gasteiger partial charge in [0.2, 0.25) is 0 Å². The number of hydrazone groups is 2. The molecule has 0 aliphatic carbocycles. The van der Waals surface area contributed by atoms with Gasteiger partial charge >= 0.3 is 6.09 Å². The standard InChI is InChI=1S/C23H19Cl2N5O2/c1-23(2,3)32-22(31)30-21-17-7-5-4-6-15(17)13-27-29(21)16(12-26)11-20(28-30)14-8-9-18(24)19(25)10-14/h4-11,13,21H,1-3H3. The van der Waals surface area contributed by atoms with Crippen molar-refractivity contribution in [3.63, 3.8) is 0 Å². The molecule has 0 fully saturated rings. The minimum Gasteiger partial charge on any atom is -0.442 e. The number of nitriles is 1. The summed E-state index contributed by atoms with van der Waals surface area (Å²) in [7, 11) is 0. The van der Waals surface area contributed by atoms with Gasteiger partial charge in [0.05, 0.1) is 22.0 Å². The normalized spacial score (nSPS) is 17.4. The number of amides is 1. The van der Waals surface area contributed by atoms with Gasteiger partial charge in [-0.1, -0.05) is 53.5 Å². The molecule has 4 rings (SSSR count). The fraction of sp³-hybridized carbons (Fsp3) is 0.217. The number of ether oxygens (including phenoxy) is 1. The lowest BCUT2D eigenvalue weighted by atomic mass is 10.0. The molecular formula is C23H19Cl2N5O2. The molecule has 1 amide bonds. The van der Waals surface area contributed by atoms with Crippen LogP contribution in [0.2, 0.25) is 10.0 Å². The molecule has 0 saturated carbocycles. The van der Waals surface area contributed by atoms with E-state index < -0.39 is 17.9 Å². The largest absolute Gasteiger partial charge is 0.442 e. The average molecular weight is 468 g/mol. The third-order valence-electron chi connectivity index (χ3n) is 4.70. The Morgan fingerprint density at radius 3 is 2.59 bits per heavy atom. The first-order valence-corrected chi connectivity index (χ1v) is 10.5. The van der Waals surface area contributed by atoms with Crippen LogP contribution < -0.4 is 0 Å². The molecule has 2 aliphatic heterocycles. The van der Waals surface area contributed by atoms with Crippen molar-refractivity contribution in [2.45, 2.75) is 32.5 Å². The Morgan fingerprint density at radius 1 is 1.16 bits per heavy atom. The summed E-state index contributed by atoms with van der Waals surface area (Å²) in [6, 6.07) is 14.6. The SMILES string of the molecule is CC(C)(C)OC(=O)N1N=C(c2ccc(Cl)c(Cl)c2)C=C(C#N)N2N=Cc3ccccc3C12. The fourth-order valence-electron chi connectivity index (χ4n) is 3.34. The first kappa shape index (κ1) is 21.9. The molecule has 9 heteroatoms. The van der Waals surface area contributed by atoms with E-state index >= 15 is 0 Å². The highest BCUT2D eigenvalue weighted by Gasteiger charge is 2.40. The monoisotopic (exact) mass is 467 g/mol. The molecule has 1 atom stereocenters. The maximum atomic E-state index is 13.3. The molecule has 1 unspecified atom stereocenters. The lowest BCUT2D eigenvalue weighted by molar-refractivity contribution is -0.00431. The quantitative estimate of drug-likeness (QED) is 0.538. The number of nitrogens with zero attached hydrogens (tertiary/aromatic N) is 5. The zero-order valence-corrected chi connectivity index (χ0v) is 19.1. The van der Waals surface area contributed by atoms with Crippen LogP contribution in [0.15, 0.2) is 64.4 Å². The molecule has 0 spiro atoms. The molecule has 0 saturated heterocycles. The second-order valence-corrected chi connectivity index (χ2v) is 8.99. The van der Waals surface area contributed by atoms with E-state index in [4.69, 9.17) is 27.9 Å². The van der Waals surface area contributed by atoms with Gasteiger partial charge in [-0.05, 0) is 32.9 Å². The van der Waals surface area contributed by atoms with Crippen LogP contribution in [0, 0.1) is 11.3 Å². The van der Waals surface area contributed by atoms with Crippen LogP contribution in [-0.2, 0) is 4.74 Å². The first-order valence-electron chi connectivity index (χ1n) is 9.78. The van der Waals surface area contributed by atoms with Crippen LogP contribution in [0.4, 0.5) is 4.79 Å². The van der Waals surface area contributed by atoms with E-state index in [0.29, 0.717) is 21.3 Å². The predicted molar refractivity (Wildman–Crippen MR) is 123 cm³/mol. The lowest BCUT2D eigenvalue weighted by Crippen LogP contribution is -2.43. The Kier molecular flexibility index (Phi) is 5.68. The minimum atomic E-state index is -0.808. The van der Waals surface area contributed by atoms with Crippen molar-refractivity contribution in [3.8, 4) is 6.07 Å². The summed E-state index contributed by atoms with van der Waals surface area (Å²) < 4.78 is 5.64. The maximum absolute atomic E-state index is 13.3. The van der Waals surface area contributed by atoms with Gasteiger partial charge in [-0.15, -0.1) is 0 Å². The van der Waals surface area contributed by atoms with Crippen molar-refractivity contribution < 1.29 is 9.53 Å². The first-order chi connectivity index (χ1) is 15.2. The Morgan fingerprint density at radius 2 is 1.91 bits per heavy atom. The number of carbonyl (C=O) groups is 1. The molecule has 2 aliphatic rings. The van der Waals surface area contributed by atoms with Crippen molar-refractivity contribution >= 4 is 41.2 Å². The Hall–Kier alpha value is -3.34. The third-order valence-corrected chi connectivity index (χ3v) is 5.44. The highest BCUT2D eigenvalue weighted by Crippen LogP contribution is 2.37. The molecule has 7 nitrogen and oxygen atoms in total. The number of hydrogen-bond donors (Lipinski definition) is 0. The molecular weight excluding hydrogens is 449 g/mol. The van der Waals surface area contributed by atoms with Crippen molar-refractivity contribution in [1.29, 1.82) is 5.26 Å². The topological polar surface area (TPSA) is 81.3 Å². The van der Waals surface area contributed by atoms with E-state index in [-0.39, 0.29) is 5.70 Å². The lowest BCUT2D eigenvalue weighted by Gasteiger charge is -2.36. The summed E-state index contributed by atoms with van der Waals surface area (Å²) in [5.74, 6) is 0. The third kappa shape index (κ3) is 4.20. The van der Waals surface area contributed by atoms with Gasteiger partial charge in [-0.25, -0.2) is 9.80 Å².